The summed E-state index contributed by atoms with van der Waals surface area (Å²) in [5.74, 6) is 0.465. The molecule has 6 nitrogen and oxygen atoms in total. The molecule has 0 bridgehead atoms. The molecule has 158 valence electrons. The predicted molar refractivity (Wildman–Crippen MR) is 122 cm³/mol. The summed E-state index contributed by atoms with van der Waals surface area (Å²) in [5, 5.41) is 0. The maximum Gasteiger partial charge on any atom is 0.258 e. The quantitative estimate of drug-likeness (QED) is 0.519. The first kappa shape index (κ1) is 22.5. The lowest BCUT2D eigenvalue weighted by Gasteiger charge is -2.26. The van der Waals surface area contributed by atoms with Crippen molar-refractivity contribution in [1.82, 2.24) is 9.47 Å². The van der Waals surface area contributed by atoms with Crippen molar-refractivity contribution in [1.29, 1.82) is 0 Å². The minimum Gasteiger partial charge on any atom is -0.380 e. The van der Waals surface area contributed by atoms with Crippen LogP contribution >= 0.6 is 39.0 Å². The van der Waals surface area contributed by atoms with Crippen LogP contribution in [0.2, 0.25) is 0 Å². The maximum absolute atomic E-state index is 12.4. The van der Waals surface area contributed by atoms with E-state index in [9.17, 15) is 9.59 Å². The van der Waals surface area contributed by atoms with Crippen LogP contribution in [0.3, 0.4) is 0 Å². The summed E-state index contributed by atoms with van der Waals surface area (Å²) in [6.07, 6.45) is 3.35. The summed E-state index contributed by atoms with van der Waals surface area (Å²) >= 11 is 6.34. The van der Waals surface area contributed by atoms with Crippen molar-refractivity contribution in [2.75, 3.05) is 37.8 Å². The first-order valence-corrected chi connectivity index (χ1v) is 12.6. The third-order valence-corrected chi connectivity index (χ3v) is 7.12. The first-order valence-electron chi connectivity index (χ1n) is 9.88. The third-order valence-electron chi connectivity index (χ3n) is 4.69. The lowest BCUT2D eigenvalue weighted by atomic mass is 10.1. The Balaban J connectivity index is 1.66. The smallest absolute Gasteiger partial charge is 0.258 e. The molecule has 0 atom stereocenters. The number of fused-ring (bicyclic) bond motifs is 1. The fourth-order valence-corrected chi connectivity index (χ4v) is 5.57. The number of nitrogens with zero attached hydrogens (tertiary/aromatic N) is 3. The second kappa shape index (κ2) is 11.3. The van der Waals surface area contributed by atoms with Crippen LogP contribution in [-0.4, -0.2) is 59.1 Å². The molecule has 1 saturated heterocycles. The van der Waals surface area contributed by atoms with Gasteiger partial charge in [0.05, 0.1) is 28.3 Å². The van der Waals surface area contributed by atoms with Gasteiger partial charge in [0.25, 0.3) is 5.91 Å². The summed E-state index contributed by atoms with van der Waals surface area (Å²) in [6.45, 7) is 5.51. The Bertz CT molecular complexity index is 919. The van der Waals surface area contributed by atoms with Crippen molar-refractivity contribution in [3.63, 3.8) is 0 Å². The van der Waals surface area contributed by atoms with Gasteiger partial charge in [0.15, 0.2) is 4.80 Å². The van der Waals surface area contributed by atoms with Gasteiger partial charge in [-0.2, -0.15) is 4.99 Å². The predicted octanol–water partition coefficient (Wildman–Crippen LogP) is 3.67. The Morgan fingerprint density at radius 1 is 1.24 bits per heavy atom. The van der Waals surface area contributed by atoms with Gasteiger partial charge in [-0.1, -0.05) is 27.3 Å². The van der Waals surface area contributed by atoms with Gasteiger partial charge >= 0.3 is 0 Å². The Kier molecular flexibility index (Phi) is 8.77. The molecule has 1 aromatic heterocycles. The highest BCUT2D eigenvalue weighted by Gasteiger charge is 2.16. The summed E-state index contributed by atoms with van der Waals surface area (Å²) in [5.41, 5.74) is 1.04. The number of aromatic nitrogens is 1. The number of carbonyl (C=O) groups excluding carboxylic acids is 2. The number of carbonyl (C=O) groups is 2. The van der Waals surface area contributed by atoms with Gasteiger partial charge in [-0.05, 0) is 44.4 Å². The molecule has 2 amide bonds. The number of benzene rings is 1. The fraction of sp³-hybridized carbons (Fsp3) is 0.550. The molecule has 1 aliphatic rings. The third kappa shape index (κ3) is 6.41. The number of ether oxygens (including phenoxy) is 1. The highest BCUT2D eigenvalue weighted by atomic mass is 79.9. The van der Waals surface area contributed by atoms with Gasteiger partial charge in [0, 0.05) is 30.7 Å². The minimum absolute atomic E-state index is 0.126. The van der Waals surface area contributed by atoms with Crippen molar-refractivity contribution in [3.8, 4) is 0 Å². The Morgan fingerprint density at radius 3 is 2.79 bits per heavy atom. The molecule has 0 aliphatic carbocycles. The number of amides is 2. The molecule has 2 heterocycles. The summed E-state index contributed by atoms with van der Waals surface area (Å²) < 4.78 is 9.58. The normalized spacial score (nSPS) is 15.2. The topological polar surface area (TPSA) is 63.9 Å². The lowest BCUT2D eigenvalue weighted by molar-refractivity contribution is -0.129. The highest BCUT2D eigenvalue weighted by Crippen LogP contribution is 2.22. The fourth-order valence-electron chi connectivity index (χ4n) is 3.25. The van der Waals surface area contributed by atoms with E-state index in [0.717, 1.165) is 40.6 Å². The largest absolute Gasteiger partial charge is 0.380 e. The van der Waals surface area contributed by atoms with Crippen LogP contribution in [0.4, 0.5) is 0 Å². The molecule has 1 aromatic carbocycles. The molecule has 3 rings (SSSR count). The van der Waals surface area contributed by atoms with E-state index in [0.29, 0.717) is 30.3 Å². The molecule has 1 aliphatic heterocycles. The van der Waals surface area contributed by atoms with E-state index in [2.05, 4.69) is 20.9 Å². The molecule has 1 fully saturated rings. The number of halogens is 1. The Labute approximate surface area is 187 Å². The van der Waals surface area contributed by atoms with E-state index in [1.807, 2.05) is 34.6 Å². The average Bonchev–Trinajstić information content (AvgIpc) is 3.04. The first-order chi connectivity index (χ1) is 14.1. The van der Waals surface area contributed by atoms with Crippen molar-refractivity contribution >= 4 is 61.1 Å². The zero-order chi connectivity index (χ0) is 20.6. The molecule has 2 aromatic rings. The molecular weight excluding hydrogens is 474 g/mol. The van der Waals surface area contributed by atoms with Crippen molar-refractivity contribution < 1.29 is 14.3 Å². The van der Waals surface area contributed by atoms with E-state index in [1.165, 1.54) is 29.5 Å². The number of likely N-dealkylation sites (tertiary alicyclic amines) is 1. The zero-order valence-corrected chi connectivity index (χ0v) is 19.8. The van der Waals surface area contributed by atoms with E-state index in [4.69, 9.17) is 4.74 Å². The van der Waals surface area contributed by atoms with E-state index >= 15 is 0 Å². The standard InChI is InChI=1S/C20H26BrN3O3S2/c1-2-27-11-10-24-16-7-6-15(21)12-17(16)29-20(24)22-18(25)13-28-14-19(26)23-8-4-3-5-9-23/h6-7,12H,2-5,8-11,13-14H2,1H3. The van der Waals surface area contributed by atoms with Crippen molar-refractivity contribution in [3.05, 3.63) is 27.5 Å². The second-order valence-electron chi connectivity index (χ2n) is 6.79. The van der Waals surface area contributed by atoms with Gasteiger partial charge in [0.2, 0.25) is 5.91 Å². The molecule has 29 heavy (non-hydrogen) atoms. The number of thioether (sulfide) groups is 1. The lowest BCUT2D eigenvalue weighted by Crippen LogP contribution is -2.36. The second-order valence-corrected chi connectivity index (χ2v) is 9.70. The van der Waals surface area contributed by atoms with Crippen molar-refractivity contribution in [2.45, 2.75) is 32.7 Å². The average molecular weight is 500 g/mol. The molecule has 9 heteroatoms. The summed E-state index contributed by atoms with van der Waals surface area (Å²) in [6, 6.07) is 6.05. The molecule has 0 unspecified atom stereocenters. The van der Waals surface area contributed by atoms with Gasteiger partial charge in [-0.15, -0.1) is 11.8 Å². The summed E-state index contributed by atoms with van der Waals surface area (Å²) in [4.78, 5) is 31.6. The number of thiazole rings is 1. The van der Waals surface area contributed by atoms with Gasteiger partial charge < -0.3 is 14.2 Å². The number of rotatable bonds is 8. The van der Waals surface area contributed by atoms with E-state index in [1.54, 1.807) is 0 Å². The Hall–Kier alpha value is -1.16. The number of piperidine rings is 1. The molecule has 0 radical (unpaired) electrons. The monoisotopic (exact) mass is 499 g/mol. The van der Waals surface area contributed by atoms with Crippen LogP contribution in [0.25, 0.3) is 10.2 Å². The number of hydrogen-bond acceptors (Lipinski definition) is 5. The van der Waals surface area contributed by atoms with Crippen LogP contribution in [0, 0.1) is 0 Å². The Morgan fingerprint density at radius 2 is 2.03 bits per heavy atom. The van der Waals surface area contributed by atoms with E-state index < -0.39 is 0 Å². The van der Waals surface area contributed by atoms with Gasteiger partial charge in [-0.25, -0.2) is 0 Å². The van der Waals surface area contributed by atoms with Crippen LogP contribution < -0.4 is 4.80 Å². The van der Waals surface area contributed by atoms with Crippen LogP contribution in [-0.2, 0) is 20.9 Å². The number of hydrogen-bond donors (Lipinski definition) is 0. The van der Waals surface area contributed by atoms with E-state index in [-0.39, 0.29) is 17.6 Å². The minimum atomic E-state index is -0.211. The molecule has 0 saturated carbocycles. The van der Waals surface area contributed by atoms with Crippen LogP contribution in [0.15, 0.2) is 27.7 Å². The van der Waals surface area contributed by atoms with Gasteiger partial charge in [0.1, 0.15) is 0 Å². The maximum atomic E-state index is 12.4. The highest BCUT2D eigenvalue weighted by molar-refractivity contribution is 9.10. The van der Waals surface area contributed by atoms with Gasteiger partial charge in [-0.3, -0.25) is 9.59 Å². The summed E-state index contributed by atoms with van der Waals surface area (Å²) in [7, 11) is 0. The molecule has 0 spiro atoms. The van der Waals surface area contributed by atoms with Crippen molar-refractivity contribution in [2.24, 2.45) is 4.99 Å². The SMILES string of the molecule is CCOCCn1c(=NC(=O)CSCC(=O)N2CCCCC2)sc2cc(Br)ccc21. The molecular formula is C20H26BrN3O3S2. The van der Waals surface area contributed by atoms with Crippen LogP contribution in [0.5, 0.6) is 0 Å². The zero-order valence-electron chi connectivity index (χ0n) is 16.6. The molecule has 0 N–H and O–H groups in total. The van der Waals surface area contributed by atoms with Crippen LogP contribution in [0.1, 0.15) is 26.2 Å².